The molecule has 0 N–H and O–H groups in total. The molecule has 0 saturated carbocycles. The summed E-state index contributed by atoms with van der Waals surface area (Å²) in [4.78, 5) is 0. The first-order valence-electron chi connectivity index (χ1n) is 4.18. The van der Waals surface area contributed by atoms with Crippen LogP contribution in [0.3, 0.4) is 0 Å². The summed E-state index contributed by atoms with van der Waals surface area (Å²) in [7, 11) is 0.227. The van der Waals surface area contributed by atoms with Gasteiger partial charge in [-0.25, -0.2) is 0 Å². The standard InChI is InChI=1S/C10H16OS/c1-9(2)7-12(3)8-10-5-4-6-11-10/h4-6,9H,3,7-8H2,1-2H3. The molecule has 0 saturated heterocycles. The highest BCUT2D eigenvalue weighted by atomic mass is 32.2. The molecule has 12 heavy (non-hydrogen) atoms. The van der Waals surface area contributed by atoms with Gasteiger partial charge in [-0.2, -0.15) is 10.5 Å². The topological polar surface area (TPSA) is 13.1 Å². The van der Waals surface area contributed by atoms with Crippen LogP contribution in [0, 0.1) is 5.92 Å². The van der Waals surface area contributed by atoms with Gasteiger partial charge in [0.2, 0.25) is 0 Å². The predicted octanol–water partition coefficient (Wildman–Crippen LogP) is 3.14. The van der Waals surface area contributed by atoms with Crippen molar-refractivity contribution in [1.29, 1.82) is 0 Å². The zero-order valence-corrected chi connectivity index (χ0v) is 8.56. The van der Waals surface area contributed by atoms with E-state index in [1.165, 1.54) is 5.75 Å². The summed E-state index contributed by atoms with van der Waals surface area (Å²) in [5.41, 5.74) is 0. The Balaban J connectivity index is 2.37. The van der Waals surface area contributed by atoms with Gasteiger partial charge in [0.05, 0.1) is 6.26 Å². The van der Waals surface area contributed by atoms with Gasteiger partial charge < -0.3 is 4.42 Å². The third-order valence-corrected chi connectivity index (χ3v) is 3.33. The van der Waals surface area contributed by atoms with Crippen LogP contribution in [0.2, 0.25) is 0 Å². The molecule has 0 radical (unpaired) electrons. The fourth-order valence-corrected chi connectivity index (χ4v) is 2.75. The van der Waals surface area contributed by atoms with E-state index >= 15 is 0 Å². The van der Waals surface area contributed by atoms with Gasteiger partial charge in [0.15, 0.2) is 0 Å². The number of rotatable bonds is 4. The van der Waals surface area contributed by atoms with Gasteiger partial charge in [0, 0.05) is 5.75 Å². The largest absolute Gasteiger partial charge is 0.469 e. The van der Waals surface area contributed by atoms with Crippen molar-refractivity contribution >= 4 is 16.4 Å². The first-order chi connectivity index (χ1) is 5.68. The molecule has 0 aliphatic heterocycles. The molecular weight excluding hydrogens is 168 g/mol. The molecule has 1 nitrogen and oxygen atoms in total. The van der Waals surface area contributed by atoms with E-state index in [0.717, 1.165) is 17.4 Å². The second-order valence-electron chi connectivity index (χ2n) is 3.40. The Morgan fingerprint density at radius 3 is 2.83 bits per heavy atom. The second-order valence-corrected chi connectivity index (χ2v) is 5.24. The first kappa shape index (κ1) is 9.59. The van der Waals surface area contributed by atoms with Gasteiger partial charge in [-0.1, -0.05) is 19.7 Å². The zero-order chi connectivity index (χ0) is 8.97. The molecule has 1 aromatic heterocycles. The summed E-state index contributed by atoms with van der Waals surface area (Å²) < 4.78 is 5.25. The van der Waals surface area contributed by atoms with Crippen LogP contribution in [-0.2, 0) is 5.75 Å². The third kappa shape index (κ3) is 3.26. The van der Waals surface area contributed by atoms with Crippen LogP contribution in [-0.4, -0.2) is 11.6 Å². The van der Waals surface area contributed by atoms with Gasteiger partial charge in [-0.3, -0.25) is 0 Å². The molecular formula is C10H16OS. The van der Waals surface area contributed by atoms with E-state index in [4.69, 9.17) is 4.42 Å². The maximum atomic E-state index is 5.25. The molecule has 1 atom stereocenters. The SMILES string of the molecule is C=S(Cc1ccco1)CC(C)C. The Morgan fingerprint density at radius 1 is 1.58 bits per heavy atom. The molecule has 0 amide bonds. The zero-order valence-electron chi connectivity index (χ0n) is 7.75. The van der Waals surface area contributed by atoms with E-state index in [1.54, 1.807) is 6.26 Å². The smallest absolute Gasteiger partial charge is 0.113 e. The fraction of sp³-hybridized carbons (Fsp3) is 0.500. The van der Waals surface area contributed by atoms with Crippen molar-refractivity contribution < 1.29 is 4.42 Å². The van der Waals surface area contributed by atoms with Crippen LogP contribution in [0.15, 0.2) is 22.8 Å². The average Bonchev–Trinajstić information content (AvgIpc) is 2.37. The van der Waals surface area contributed by atoms with E-state index < -0.39 is 0 Å². The first-order valence-corrected chi connectivity index (χ1v) is 5.91. The quantitative estimate of drug-likeness (QED) is 0.655. The average molecular weight is 184 g/mol. The van der Waals surface area contributed by atoms with Crippen molar-refractivity contribution in [3.63, 3.8) is 0 Å². The van der Waals surface area contributed by atoms with Gasteiger partial charge >= 0.3 is 0 Å². The molecule has 0 spiro atoms. The van der Waals surface area contributed by atoms with Crippen molar-refractivity contribution in [3.8, 4) is 0 Å². The van der Waals surface area contributed by atoms with Crippen LogP contribution in [0.25, 0.3) is 0 Å². The number of hydrogen-bond acceptors (Lipinski definition) is 1. The minimum Gasteiger partial charge on any atom is -0.469 e. The highest BCUT2D eigenvalue weighted by Gasteiger charge is 2.00. The number of hydrogen-bond donors (Lipinski definition) is 0. The predicted molar refractivity (Wildman–Crippen MR) is 56.8 cm³/mol. The van der Waals surface area contributed by atoms with Gasteiger partial charge in [0.25, 0.3) is 0 Å². The Hall–Kier alpha value is -0.500. The molecule has 0 bridgehead atoms. The van der Waals surface area contributed by atoms with Crippen molar-refractivity contribution in [1.82, 2.24) is 0 Å². The fourth-order valence-electron chi connectivity index (χ4n) is 1.13. The van der Waals surface area contributed by atoms with E-state index in [0.29, 0.717) is 0 Å². The van der Waals surface area contributed by atoms with E-state index in [2.05, 4.69) is 19.7 Å². The summed E-state index contributed by atoms with van der Waals surface area (Å²) in [5, 5.41) is 0. The lowest BCUT2D eigenvalue weighted by atomic mass is 10.3. The van der Waals surface area contributed by atoms with Crippen molar-refractivity contribution in [2.45, 2.75) is 19.6 Å². The Bertz CT molecular complexity index is 236. The maximum absolute atomic E-state index is 5.25. The highest BCUT2D eigenvalue weighted by molar-refractivity contribution is 8.13. The van der Waals surface area contributed by atoms with Crippen molar-refractivity contribution in [2.24, 2.45) is 5.92 Å². The van der Waals surface area contributed by atoms with Crippen molar-refractivity contribution in [3.05, 3.63) is 24.2 Å². The van der Waals surface area contributed by atoms with E-state index in [1.807, 2.05) is 12.1 Å². The Kier molecular flexibility index (Phi) is 3.60. The normalized spacial score (nSPS) is 13.6. The lowest BCUT2D eigenvalue weighted by Gasteiger charge is -2.07. The van der Waals surface area contributed by atoms with Crippen LogP contribution in [0.4, 0.5) is 0 Å². The maximum Gasteiger partial charge on any atom is 0.113 e. The van der Waals surface area contributed by atoms with Crippen LogP contribution in [0.5, 0.6) is 0 Å². The molecule has 2 heteroatoms. The monoisotopic (exact) mass is 184 g/mol. The number of furan rings is 1. The Morgan fingerprint density at radius 2 is 2.33 bits per heavy atom. The molecule has 1 aromatic rings. The molecule has 68 valence electrons. The summed E-state index contributed by atoms with van der Waals surface area (Å²) in [5.74, 6) is 8.11. The minimum absolute atomic E-state index is 0.227. The van der Waals surface area contributed by atoms with Gasteiger partial charge in [-0.15, -0.1) is 0 Å². The van der Waals surface area contributed by atoms with Gasteiger partial charge in [-0.05, 0) is 23.8 Å². The summed E-state index contributed by atoms with van der Waals surface area (Å²) in [6.07, 6.45) is 1.72. The summed E-state index contributed by atoms with van der Waals surface area (Å²) in [6, 6.07) is 3.95. The minimum atomic E-state index is 0.227. The molecule has 1 unspecified atom stereocenters. The third-order valence-electron chi connectivity index (χ3n) is 1.50. The van der Waals surface area contributed by atoms with E-state index in [9.17, 15) is 0 Å². The van der Waals surface area contributed by atoms with Crippen LogP contribution >= 0.6 is 10.5 Å². The van der Waals surface area contributed by atoms with Crippen molar-refractivity contribution in [2.75, 3.05) is 5.75 Å². The van der Waals surface area contributed by atoms with Crippen LogP contribution < -0.4 is 0 Å². The molecule has 0 aliphatic carbocycles. The van der Waals surface area contributed by atoms with Crippen LogP contribution in [0.1, 0.15) is 19.6 Å². The molecule has 1 heterocycles. The highest BCUT2D eigenvalue weighted by Crippen LogP contribution is 2.20. The molecule has 0 fully saturated rings. The second kappa shape index (κ2) is 4.51. The van der Waals surface area contributed by atoms with Gasteiger partial charge in [0.1, 0.15) is 5.76 Å². The lowest BCUT2D eigenvalue weighted by molar-refractivity contribution is 0.530. The lowest BCUT2D eigenvalue weighted by Crippen LogP contribution is -1.94. The van der Waals surface area contributed by atoms with E-state index in [-0.39, 0.29) is 10.5 Å². The molecule has 0 aromatic carbocycles. The molecule has 0 aliphatic rings. The molecule has 1 rings (SSSR count). The summed E-state index contributed by atoms with van der Waals surface area (Å²) in [6.45, 7) is 4.46. The summed E-state index contributed by atoms with van der Waals surface area (Å²) >= 11 is 0. The Labute approximate surface area is 76.7 Å².